The lowest BCUT2D eigenvalue weighted by Crippen LogP contribution is -2.35. The van der Waals surface area contributed by atoms with Crippen molar-refractivity contribution < 1.29 is 22.6 Å². The summed E-state index contributed by atoms with van der Waals surface area (Å²) in [5.74, 6) is -0.794. The third-order valence-electron chi connectivity index (χ3n) is 4.05. The Labute approximate surface area is 149 Å². The fraction of sp³-hybridized carbons (Fsp3) is 0.312. The first-order chi connectivity index (χ1) is 12.4. The minimum absolute atomic E-state index is 0.101. The van der Waals surface area contributed by atoms with Crippen molar-refractivity contribution in [2.24, 2.45) is 0 Å². The number of benzene rings is 1. The third-order valence-corrected chi connectivity index (χ3v) is 5.82. The van der Waals surface area contributed by atoms with Crippen LogP contribution in [-0.4, -0.2) is 36.6 Å². The monoisotopic (exact) mass is 379 g/mol. The summed E-state index contributed by atoms with van der Waals surface area (Å²) in [6.07, 6.45) is 2.59. The molecule has 0 atom stereocenters. The molecule has 0 saturated carbocycles. The van der Waals surface area contributed by atoms with Crippen LogP contribution in [0, 0.1) is 10.1 Å². The first-order valence-corrected chi connectivity index (χ1v) is 9.48. The number of sulfonamides is 1. The average Bonchev–Trinajstić information content (AvgIpc) is 3.14. The van der Waals surface area contributed by atoms with E-state index < -0.39 is 20.9 Å². The predicted octanol–water partition coefficient (Wildman–Crippen LogP) is 2.61. The molecule has 0 spiro atoms. The van der Waals surface area contributed by atoms with E-state index in [1.807, 2.05) is 0 Å². The van der Waals surface area contributed by atoms with E-state index in [-0.39, 0.29) is 16.5 Å². The van der Waals surface area contributed by atoms with E-state index in [4.69, 9.17) is 4.42 Å². The summed E-state index contributed by atoms with van der Waals surface area (Å²) >= 11 is 0. The number of piperidine rings is 1. The molecular weight excluding hydrogens is 362 g/mol. The number of anilines is 1. The van der Waals surface area contributed by atoms with Crippen molar-refractivity contribution in [3.05, 3.63) is 52.3 Å². The summed E-state index contributed by atoms with van der Waals surface area (Å²) < 4.78 is 31.6. The molecule has 2 aromatic rings. The highest BCUT2D eigenvalue weighted by Crippen LogP contribution is 2.23. The zero-order chi connectivity index (χ0) is 18.7. The number of amides is 1. The second kappa shape index (κ2) is 7.26. The summed E-state index contributed by atoms with van der Waals surface area (Å²) in [6, 6.07) is 7.81. The fourth-order valence-electron chi connectivity index (χ4n) is 2.67. The van der Waals surface area contributed by atoms with Crippen LogP contribution in [0.25, 0.3) is 0 Å². The number of carbonyl (C=O) groups is 1. The van der Waals surface area contributed by atoms with Gasteiger partial charge in [0.05, 0.1) is 4.92 Å². The molecule has 2 heterocycles. The molecule has 1 aliphatic rings. The summed E-state index contributed by atoms with van der Waals surface area (Å²) in [5.41, 5.74) is 0.230. The molecule has 0 unspecified atom stereocenters. The fourth-order valence-corrected chi connectivity index (χ4v) is 4.10. The first-order valence-electron chi connectivity index (χ1n) is 8.04. The van der Waals surface area contributed by atoms with Gasteiger partial charge in [-0.05, 0) is 37.1 Å². The highest BCUT2D eigenvalue weighted by atomic mass is 32.2. The van der Waals surface area contributed by atoms with E-state index in [1.165, 1.54) is 40.7 Å². The molecule has 3 rings (SSSR count). The van der Waals surface area contributed by atoms with Gasteiger partial charge in [0.2, 0.25) is 5.09 Å². The highest BCUT2D eigenvalue weighted by Gasteiger charge is 2.29. The minimum atomic E-state index is -3.75. The summed E-state index contributed by atoms with van der Waals surface area (Å²) in [5, 5.41) is 12.9. The molecule has 1 saturated heterocycles. The zero-order valence-corrected chi connectivity index (χ0v) is 14.6. The number of nitro groups is 1. The van der Waals surface area contributed by atoms with Crippen LogP contribution in [-0.2, 0) is 10.0 Å². The molecule has 1 amide bonds. The van der Waals surface area contributed by atoms with Gasteiger partial charge in [-0.2, -0.15) is 4.31 Å². The molecular formula is C16H17N3O6S. The zero-order valence-electron chi connectivity index (χ0n) is 13.8. The molecule has 0 bridgehead atoms. The standard InChI is InChI=1S/C16H17N3O6S/c20-16(17-12-4-6-13(7-5-12)19(21)22)14-8-9-15(25-14)26(23,24)18-10-2-1-3-11-18/h4-9H,1-3,10-11H2,(H,17,20). The van der Waals surface area contributed by atoms with E-state index in [2.05, 4.69) is 5.32 Å². The number of carbonyl (C=O) groups excluding carboxylic acids is 1. The Bertz CT molecular complexity index is 914. The van der Waals surface area contributed by atoms with E-state index in [1.54, 1.807) is 0 Å². The summed E-state index contributed by atoms with van der Waals surface area (Å²) in [7, 11) is -3.75. The van der Waals surface area contributed by atoms with Crippen LogP contribution < -0.4 is 5.32 Å². The van der Waals surface area contributed by atoms with Gasteiger partial charge in [-0.3, -0.25) is 14.9 Å². The van der Waals surface area contributed by atoms with Gasteiger partial charge >= 0.3 is 0 Å². The quantitative estimate of drug-likeness (QED) is 0.629. The van der Waals surface area contributed by atoms with E-state index in [9.17, 15) is 23.3 Å². The second-order valence-electron chi connectivity index (χ2n) is 5.84. The molecule has 26 heavy (non-hydrogen) atoms. The first kappa shape index (κ1) is 18.1. The molecule has 1 fully saturated rings. The Kier molecular flexibility index (Phi) is 5.05. The predicted molar refractivity (Wildman–Crippen MR) is 92.4 cm³/mol. The van der Waals surface area contributed by atoms with Crippen molar-refractivity contribution in [3.63, 3.8) is 0 Å². The smallest absolute Gasteiger partial charge is 0.291 e. The number of non-ortho nitro benzene ring substituents is 1. The number of rotatable bonds is 5. The van der Waals surface area contributed by atoms with Gasteiger partial charge < -0.3 is 9.73 Å². The van der Waals surface area contributed by atoms with Gasteiger partial charge in [0, 0.05) is 30.9 Å². The molecule has 0 radical (unpaired) electrons. The maximum Gasteiger partial charge on any atom is 0.291 e. The van der Waals surface area contributed by atoms with Gasteiger partial charge in [-0.25, -0.2) is 8.42 Å². The van der Waals surface area contributed by atoms with E-state index in [0.29, 0.717) is 18.8 Å². The Hall–Kier alpha value is -2.72. The van der Waals surface area contributed by atoms with Crippen molar-refractivity contribution >= 4 is 27.3 Å². The van der Waals surface area contributed by atoms with Crippen molar-refractivity contribution in [2.75, 3.05) is 18.4 Å². The van der Waals surface area contributed by atoms with E-state index >= 15 is 0 Å². The van der Waals surface area contributed by atoms with Crippen LogP contribution in [0.2, 0.25) is 0 Å². The van der Waals surface area contributed by atoms with Crippen molar-refractivity contribution in [1.82, 2.24) is 4.31 Å². The van der Waals surface area contributed by atoms with Crippen molar-refractivity contribution in [3.8, 4) is 0 Å². The maximum atomic E-state index is 12.5. The molecule has 1 N–H and O–H groups in total. The van der Waals surface area contributed by atoms with Crippen LogP contribution >= 0.6 is 0 Å². The molecule has 9 nitrogen and oxygen atoms in total. The van der Waals surface area contributed by atoms with Gasteiger partial charge in [-0.15, -0.1) is 0 Å². The number of furan rings is 1. The Balaban J connectivity index is 1.72. The van der Waals surface area contributed by atoms with Gasteiger partial charge in [-0.1, -0.05) is 6.42 Å². The van der Waals surface area contributed by atoms with E-state index in [0.717, 1.165) is 19.3 Å². The van der Waals surface area contributed by atoms with Crippen LogP contribution in [0.3, 0.4) is 0 Å². The van der Waals surface area contributed by atoms with Gasteiger partial charge in [0.1, 0.15) is 0 Å². The number of hydrogen-bond donors (Lipinski definition) is 1. The van der Waals surface area contributed by atoms with Crippen molar-refractivity contribution in [2.45, 2.75) is 24.4 Å². The SMILES string of the molecule is O=C(Nc1ccc([N+](=O)[O-])cc1)c1ccc(S(=O)(=O)N2CCCCC2)o1. The Morgan fingerprint density at radius 1 is 1.08 bits per heavy atom. The molecule has 10 heteroatoms. The highest BCUT2D eigenvalue weighted by molar-refractivity contribution is 7.89. The second-order valence-corrected chi connectivity index (χ2v) is 7.71. The average molecular weight is 379 g/mol. The summed E-state index contributed by atoms with van der Waals surface area (Å²) in [6.45, 7) is 0.876. The lowest BCUT2D eigenvalue weighted by Gasteiger charge is -2.24. The largest absolute Gasteiger partial charge is 0.438 e. The maximum absolute atomic E-state index is 12.5. The lowest BCUT2D eigenvalue weighted by atomic mass is 10.2. The number of nitrogens with one attached hydrogen (secondary N) is 1. The normalized spacial score (nSPS) is 15.5. The topological polar surface area (TPSA) is 123 Å². The van der Waals surface area contributed by atoms with Crippen LogP contribution in [0.15, 0.2) is 45.9 Å². The van der Waals surface area contributed by atoms with Crippen LogP contribution in [0.4, 0.5) is 11.4 Å². The minimum Gasteiger partial charge on any atom is -0.438 e. The number of nitrogens with zero attached hydrogens (tertiary/aromatic N) is 2. The number of nitro benzene ring substituents is 1. The number of hydrogen-bond acceptors (Lipinski definition) is 6. The Morgan fingerprint density at radius 2 is 1.73 bits per heavy atom. The van der Waals surface area contributed by atoms with Crippen LogP contribution in [0.5, 0.6) is 0 Å². The molecule has 1 aromatic heterocycles. The lowest BCUT2D eigenvalue weighted by molar-refractivity contribution is -0.384. The molecule has 138 valence electrons. The van der Waals surface area contributed by atoms with Gasteiger partial charge in [0.15, 0.2) is 5.76 Å². The summed E-state index contributed by atoms with van der Waals surface area (Å²) in [4.78, 5) is 22.3. The van der Waals surface area contributed by atoms with Gasteiger partial charge in [0.25, 0.3) is 21.6 Å². The molecule has 1 aromatic carbocycles. The molecule has 0 aliphatic carbocycles. The third kappa shape index (κ3) is 3.75. The van der Waals surface area contributed by atoms with Crippen LogP contribution in [0.1, 0.15) is 29.8 Å². The molecule has 1 aliphatic heterocycles. The Morgan fingerprint density at radius 3 is 2.35 bits per heavy atom. The van der Waals surface area contributed by atoms with Crippen molar-refractivity contribution in [1.29, 1.82) is 0 Å².